The molecule has 0 spiro atoms. The largest absolute Gasteiger partial charge is 0.343 e. The summed E-state index contributed by atoms with van der Waals surface area (Å²) in [6.45, 7) is 8.08. The molecular weight excluding hydrogens is 294 g/mol. The molecule has 0 saturated carbocycles. The normalized spacial score (nSPS) is 11.3. The van der Waals surface area contributed by atoms with Gasteiger partial charge < -0.3 is 4.90 Å². The van der Waals surface area contributed by atoms with Gasteiger partial charge >= 0.3 is 0 Å². The number of unbranched alkanes of at least 4 members (excludes halogenated alkanes) is 11. The van der Waals surface area contributed by atoms with Crippen LogP contribution in [0.5, 0.6) is 0 Å². The number of hydrogen-bond donors (Lipinski definition) is 0. The minimum atomic E-state index is 0.331. The Labute approximate surface area is 152 Å². The molecular formula is C22H43NO. The van der Waals surface area contributed by atoms with Gasteiger partial charge in [0, 0.05) is 19.5 Å². The van der Waals surface area contributed by atoms with Crippen molar-refractivity contribution in [2.24, 2.45) is 0 Å². The predicted molar refractivity (Wildman–Crippen MR) is 107 cm³/mol. The lowest BCUT2D eigenvalue weighted by atomic mass is 10.1. The summed E-state index contributed by atoms with van der Waals surface area (Å²) in [6, 6.07) is 0. The van der Waals surface area contributed by atoms with Crippen molar-refractivity contribution in [3.63, 3.8) is 0 Å². The molecule has 0 aromatic rings. The number of amides is 1. The van der Waals surface area contributed by atoms with Crippen LogP contribution in [-0.4, -0.2) is 23.9 Å². The molecule has 0 aromatic heterocycles. The highest BCUT2D eigenvalue weighted by Gasteiger charge is 2.07. The zero-order chi connectivity index (χ0) is 17.9. The molecule has 24 heavy (non-hydrogen) atoms. The number of allylic oxidation sites excluding steroid dienone is 2. The van der Waals surface area contributed by atoms with Crippen LogP contribution in [0.3, 0.4) is 0 Å². The molecule has 0 N–H and O–H groups in total. The summed E-state index contributed by atoms with van der Waals surface area (Å²) in [5.74, 6) is 0.331. The van der Waals surface area contributed by atoms with Gasteiger partial charge in [-0.3, -0.25) is 4.79 Å². The van der Waals surface area contributed by atoms with Crippen LogP contribution in [0, 0.1) is 0 Å². The van der Waals surface area contributed by atoms with E-state index in [1.54, 1.807) is 0 Å². The van der Waals surface area contributed by atoms with Gasteiger partial charge in [-0.2, -0.15) is 0 Å². The van der Waals surface area contributed by atoms with Crippen LogP contribution in [0.15, 0.2) is 12.2 Å². The van der Waals surface area contributed by atoms with Gasteiger partial charge in [0.2, 0.25) is 5.91 Å². The summed E-state index contributed by atoms with van der Waals surface area (Å²) in [6.07, 6.45) is 22.5. The third-order valence-corrected chi connectivity index (χ3v) is 4.77. The second-order valence-electron chi connectivity index (χ2n) is 6.90. The lowest BCUT2D eigenvalue weighted by molar-refractivity contribution is -0.130. The van der Waals surface area contributed by atoms with Crippen molar-refractivity contribution >= 4 is 5.91 Å². The summed E-state index contributed by atoms with van der Waals surface area (Å²) in [5.41, 5.74) is 0. The van der Waals surface area contributed by atoms with Gasteiger partial charge in [0.05, 0.1) is 0 Å². The van der Waals surface area contributed by atoms with Crippen LogP contribution >= 0.6 is 0 Å². The van der Waals surface area contributed by atoms with Gasteiger partial charge in [-0.15, -0.1) is 0 Å². The van der Waals surface area contributed by atoms with E-state index in [0.717, 1.165) is 25.9 Å². The van der Waals surface area contributed by atoms with E-state index >= 15 is 0 Å². The molecule has 142 valence electrons. The third-order valence-electron chi connectivity index (χ3n) is 4.77. The van der Waals surface area contributed by atoms with Crippen LogP contribution in [0.4, 0.5) is 0 Å². The Morgan fingerprint density at radius 2 is 1.12 bits per heavy atom. The first-order valence-electron chi connectivity index (χ1n) is 10.7. The van der Waals surface area contributed by atoms with E-state index in [0.29, 0.717) is 5.91 Å². The lowest BCUT2D eigenvalue weighted by Gasteiger charge is -2.18. The molecule has 0 aromatic carbocycles. The highest BCUT2D eigenvalue weighted by atomic mass is 16.2. The van der Waals surface area contributed by atoms with Crippen molar-refractivity contribution in [3.05, 3.63) is 12.2 Å². The van der Waals surface area contributed by atoms with Crippen LogP contribution in [-0.2, 0) is 4.79 Å². The van der Waals surface area contributed by atoms with E-state index in [1.807, 2.05) is 4.90 Å². The Morgan fingerprint density at radius 1 is 0.667 bits per heavy atom. The van der Waals surface area contributed by atoms with Crippen molar-refractivity contribution in [3.8, 4) is 0 Å². The number of hydrogen-bond acceptors (Lipinski definition) is 1. The maximum absolute atomic E-state index is 11.9. The minimum Gasteiger partial charge on any atom is -0.343 e. The standard InChI is InChI=1S/C22H43NO/c1-4-7-8-9-10-11-12-13-14-15-16-17-18-19-20-21-22(24)23(5-2)6-3/h13-14H,4-12,15-21H2,1-3H3. The topological polar surface area (TPSA) is 20.3 Å². The Bertz CT molecular complexity index is 294. The van der Waals surface area contributed by atoms with Crippen molar-refractivity contribution in [2.45, 2.75) is 111 Å². The fraction of sp³-hybridized carbons (Fsp3) is 0.864. The molecule has 0 aliphatic carbocycles. The second-order valence-corrected chi connectivity index (χ2v) is 6.90. The van der Waals surface area contributed by atoms with Crippen LogP contribution in [0.2, 0.25) is 0 Å². The lowest BCUT2D eigenvalue weighted by Crippen LogP contribution is -2.30. The van der Waals surface area contributed by atoms with E-state index in [2.05, 4.69) is 32.9 Å². The number of nitrogens with zero attached hydrogens (tertiary/aromatic N) is 1. The second kappa shape index (κ2) is 18.5. The fourth-order valence-electron chi connectivity index (χ4n) is 3.08. The van der Waals surface area contributed by atoms with Crippen LogP contribution in [0.25, 0.3) is 0 Å². The number of carbonyl (C=O) groups is 1. The van der Waals surface area contributed by atoms with E-state index in [4.69, 9.17) is 0 Å². The molecule has 0 bridgehead atoms. The quantitative estimate of drug-likeness (QED) is 0.209. The molecule has 0 aliphatic rings. The molecule has 2 heteroatoms. The molecule has 0 saturated heterocycles. The molecule has 0 atom stereocenters. The molecule has 0 fully saturated rings. The molecule has 1 amide bonds. The summed E-state index contributed by atoms with van der Waals surface area (Å²) in [5, 5.41) is 0. The Hall–Kier alpha value is -0.790. The molecule has 0 radical (unpaired) electrons. The van der Waals surface area contributed by atoms with Crippen LogP contribution < -0.4 is 0 Å². The Balaban J connectivity index is 3.27. The molecule has 0 aliphatic heterocycles. The number of rotatable bonds is 17. The predicted octanol–water partition coefficient (Wildman–Crippen LogP) is 6.89. The van der Waals surface area contributed by atoms with E-state index in [1.165, 1.54) is 77.0 Å². The molecule has 0 unspecified atom stereocenters. The summed E-state index contributed by atoms with van der Waals surface area (Å²) in [7, 11) is 0. The van der Waals surface area contributed by atoms with Gasteiger partial charge in [0.1, 0.15) is 0 Å². The van der Waals surface area contributed by atoms with Crippen molar-refractivity contribution < 1.29 is 4.79 Å². The van der Waals surface area contributed by atoms with E-state index < -0.39 is 0 Å². The average molecular weight is 338 g/mol. The third kappa shape index (κ3) is 14.8. The maximum Gasteiger partial charge on any atom is 0.222 e. The minimum absolute atomic E-state index is 0.331. The van der Waals surface area contributed by atoms with Gasteiger partial charge in [-0.25, -0.2) is 0 Å². The summed E-state index contributed by atoms with van der Waals surface area (Å²) in [4.78, 5) is 13.8. The van der Waals surface area contributed by atoms with Gasteiger partial charge in [0.15, 0.2) is 0 Å². The molecule has 2 nitrogen and oxygen atoms in total. The van der Waals surface area contributed by atoms with Gasteiger partial charge in [-0.1, -0.05) is 70.4 Å². The number of carbonyl (C=O) groups excluding carboxylic acids is 1. The fourth-order valence-corrected chi connectivity index (χ4v) is 3.08. The average Bonchev–Trinajstić information content (AvgIpc) is 2.59. The SMILES string of the molecule is CCCCCCCCC=CCCCCCCCC(=O)N(CC)CC. The monoisotopic (exact) mass is 337 g/mol. The summed E-state index contributed by atoms with van der Waals surface area (Å²) < 4.78 is 0. The van der Waals surface area contributed by atoms with Crippen molar-refractivity contribution in [1.29, 1.82) is 0 Å². The molecule has 0 rings (SSSR count). The maximum atomic E-state index is 11.9. The first kappa shape index (κ1) is 23.2. The van der Waals surface area contributed by atoms with Crippen molar-refractivity contribution in [1.82, 2.24) is 4.90 Å². The highest BCUT2D eigenvalue weighted by molar-refractivity contribution is 5.75. The van der Waals surface area contributed by atoms with Crippen molar-refractivity contribution in [2.75, 3.05) is 13.1 Å². The smallest absolute Gasteiger partial charge is 0.222 e. The molecule has 0 heterocycles. The highest BCUT2D eigenvalue weighted by Crippen LogP contribution is 2.10. The van der Waals surface area contributed by atoms with E-state index in [-0.39, 0.29) is 0 Å². The van der Waals surface area contributed by atoms with Crippen LogP contribution in [0.1, 0.15) is 111 Å². The zero-order valence-corrected chi connectivity index (χ0v) is 16.8. The van der Waals surface area contributed by atoms with Gasteiger partial charge in [0.25, 0.3) is 0 Å². The first-order chi connectivity index (χ1) is 11.8. The zero-order valence-electron chi connectivity index (χ0n) is 16.8. The van der Waals surface area contributed by atoms with E-state index in [9.17, 15) is 4.79 Å². The Kier molecular flexibility index (Phi) is 17.9. The summed E-state index contributed by atoms with van der Waals surface area (Å²) >= 11 is 0. The Morgan fingerprint density at radius 3 is 1.62 bits per heavy atom. The van der Waals surface area contributed by atoms with Gasteiger partial charge in [-0.05, 0) is 46.0 Å². The first-order valence-corrected chi connectivity index (χ1v) is 10.7.